The molecular weight excluding hydrogens is 206 g/mol. The van der Waals surface area contributed by atoms with Crippen LogP contribution >= 0.6 is 0 Å². The molecule has 1 aromatic heterocycles. The average molecular weight is 223 g/mol. The number of anilines is 2. The summed E-state index contributed by atoms with van der Waals surface area (Å²) in [6.07, 6.45) is 3.64. The number of hydrogen-bond donors (Lipinski definition) is 1. The molecule has 2 rings (SSSR count). The standard InChI is InChI=1S/C10H17N5O/c1-3-16-10-13-8(11)12-9(14-10)15(2)7-5-4-6-7/h7H,3-6H2,1-2H3,(H2,11,12,13,14). The molecule has 0 aromatic carbocycles. The highest BCUT2D eigenvalue weighted by Crippen LogP contribution is 2.26. The van der Waals surface area contributed by atoms with Crippen LogP contribution in [0.4, 0.5) is 11.9 Å². The summed E-state index contributed by atoms with van der Waals surface area (Å²) in [5.74, 6) is 0.806. The van der Waals surface area contributed by atoms with Gasteiger partial charge in [-0.2, -0.15) is 15.0 Å². The predicted molar refractivity (Wildman–Crippen MR) is 61.5 cm³/mol. The van der Waals surface area contributed by atoms with E-state index in [4.69, 9.17) is 10.5 Å². The molecule has 6 nitrogen and oxygen atoms in total. The molecule has 0 aliphatic heterocycles. The summed E-state index contributed by atoms with van der Waals surface area (Å²) in [5.41, 5.74) is 5.62. The summed E-state index contributed by atoms with van der Waals surface area (Å²) in [6, 6.07) is 0.826. The molecule has 0 bridgehead atoms. The van der Waals surface area contributed by atoms with Crippen LogP contribution in [0.1, 0.15) is 26.2 Å². The summed E-state index contributed by atoms with van der Waals surface area (Å²) in [6.45, 7) is 2.41. The molecule has 1 saturated carbocycles. The molecular formula is C10H17N5O. The molecule has 0 radical (unpaired) electrons. The first-order valence-corrected chi connectivity index (χ1v) is 5.58. The van der Waals surface area contributed by atoms with Gasteiger partial charge in [-0.05, 0) is 26.2 Å². The predicted octanol–water partition coefficient (Wildman–Crippen LogP) is 0.841. The number of ether oxygens (including phenoxy) is 1. The van der Waals surface area contributed by atoms with Crippen molar-refractivity contribution >= 4 is 11.9 Å². The molecule has 1 aliphatic carbocycles. The van der Waals surface area contributed by atoms with Crippen molar-refractivity contribution in [2.24, 2.45) is 0 Å². The normalized spacial score (nSPS) is 15.6. The summed E-state index contributed by atoms with van der Waals surface area (Å²) in [5, 5.41) is 0. The van der Waals surface area contributed by atoms with Crippen molar-refractivity contribution < 1.29 is 4.74 Å². The molecule has 0 saturated heterocycles. The number of rotatable bonds is 4. The fourth-order valence-electron chi connectivity index (χ4n) is 1.65. The number of nitrogens with zero attached hydrogens (tertiary/aromatic N) is 4. The van der Waals surface area contributed by atoms with Gasteiger partial charge in [-0.1, -0.05) is 0 Å². The van der Waals surface area contributed by atoms with E-state index in [0.717, 1.165) is 0 Å². The number of aromatic nitrogens is 3. The van der Waals surface area contributed by atoms with Gasteiger partial charge in [-0.15, -0.1) is 0 Å². The Morgan fingerprint density at radius 2 is 2.12 bits per heavy atom. The number of nitrogens with two attached hydrogens (primary N) is 1. The van der Waals surface area contributed by atoms with E-state index in [0.29, 0.717) is 24.6 Å². The van der Waals surface area contributed by atoms with Crippen LogP contribution in [-0.2, 0) is 0 Å². The Hall–Kier alpha value is -1.59. The Morgan fingerprint density at radius 1 is 1.38 bits per heavy atom. The van der Waals surface area contributed by atoms with Gasteiger partial charge in [-0.25, -0.2) is 0 Å². The fraction of sp³-hybridized carbons (Fsp3) is 0.700. The van der Waals surface area contributed by atoms with Crippen molar-refractivity contribution in [2.75, 3.05) is 24.3 Å². The van der Waals surface area contributed by atoms with E-state index >= 15 is 0 Å². The van der Waals surface area contributed by atoms with Gasteiger partial charge in [0, 0.05) is 13.1 Å². The lowest BCUT2D eigenvalue weighted by atomic mass is 9.92. The lowest BCUT2D eigenvalue weighted by molar-refractivity contribution is 0.311. The maximum atomic E-state index is 5.62. The zero-order valence-electron chi connectivity index (χ0n) is 9.68. The zero-order chi connectivity index (χ0) is 11.5. The van der Waals surface area contributed by atoms with Crippen molar-refractivity contribution in [3.8, 4) is 6.01 Å². The third kappa shape index (κ3) is 2.15. The quantitative estimate of drug-likeness (QED) is 0.815. The molecule has 1 aliphatic rings. The van der Waals surface area contributed by atoms with Crippen LogP contribution in [0.5, 0.6) is 6.01 Å². The van der Waals surface area contributed by atoms with Crippen molar-refractivity contribution in [3.05, 3.63) is 0 Å². The van der Waals surface area contributed by atoms with Crippen LogP contribution in [0, 0.1) is 0 Å². The molecule has 0 spiro atoms. The second-order valence-electron chi connectivity index (χ2n) is 3.90. The Balaban J connectivity index is 2.18. The average Bonchev–Trinajstić information content (AvgIpc) is 2.14. The van der Waals surface area contributed by atoms with Crippen molar-refractivity contribution in [1.82, 2.24) is 15.0 Å². The molecule has 6 heteroatoms. The Morgan fingerprint density at radius 3 is 2.69 bits per heavy atom. The second-order valence-corrected chi connectivity index (χ2v) is 3.90. The number of nitrogen functional groups attached to an aromatic ring is 1. The second kappa shape index (κ2) is 4.51. The SMILES string of the molecule is CCOc1nc(N)nc(N(C)C2CCC2)n1. The van der Waals surface area contributed by atoms with E-state index in [2.05, 4.69) is 15.0 Å². The monoisotopic (exact) mass is 223 g/mol. The van der Waals surface area contributed by atoms with Crippen LogP contribution in [0.3, 0.4) is 0 Å². The lowest BCUT2D eigenvalue weighted by Crippen LogP contribution is -2.38. The molecule has 0 amide bonds. The Bertz CT molecular complexity index is 366. The lowest BCUT2D eigenvalue weighted by Gasteiger charge is -2.34. The zero-order valence-corrected chi connectivity index (χ0v) is 9.68. The van der Waals surface area contributed by atoms with E-state index in [9.17, 15) is 0 Å². The Labute approximate surface area is 94.9 Å². The van der Waals surface area contributed by atoms with E-state index in [1.165, 1.54) is 19.3 Å². The minimum atomic E-state index is 0.208. The highest BCUT2D eigenvalue weighted by Gasteiger charge is 2.24. The molecule has 0 atom stereocenters. The van der Waals surface area contributed by atoms with Gasteiger partial charge in [-0.3, -0.25) is 0 Å². The molecule has 1 heterocycles. The van der Waals surface area contributed by atoms with Crippen LogP contribution < -0.4 is 15.4 Å². The van der Waals surface area contributed by atoms with Crippen LogP contribution in [0.15, 0.2) is 0 Å². The van der Waals surface area contributed by atoms with Gasteiger partial charge < -0.3 is 15.4 Å². The van der Waals surface area contributed by atoms with Gasteiger partial charge >= 0.3 is 6.01 Å². The van der Waals surface area contributed by atoms with E-state index in [-0.39, 0.29) is 5.95 Å². The van der Waals surface area contributed by atoms with Crippen molar-refractivity contribution in [2.45, 2.75) is 32.2 Å². The maximum Gasteiger partial charge on any atom is 0.323 e. The summed E-state index contributed by atoms with van der Waals surface area (Å²) >= 11 is 0. The highest BCUT2D eigenvalue weighted by molar-refractivity contribution is 5.36. The maximum absolute atomic E-state index is 5.62. The molecule has 1 aromatic rings. The van der Waals surface area contributed by atoms with E-state index in [1.54, 1.807) is 0 Å². The third-order valence-electron chi connectivity index (χ3n) is 2.83. The van der Waals surface area contributed by atoms with Crippen LogP contribution in [0.25, 0.3) is 0 Å². The molecule has 0 unspecified atom stereocenters. The van der Waals surface area contributed by atoms with Gasteiger partial charge in [0.15, 0.2) is 0 Å². The molecule has 1 fully saturated rings. The third-order valence-corrected chi connectivity index (χ3v) is 2.83. The topological polar surface area (TPSA) is 77.2 Å². The largest absolute Gasteiger partial charge is 0.464 e. The smallest absolute Gasteiger partial charge is 0.323 e. The summed E-state index contributed by atoms with van der Waals surface area (Å²) in [7, 11) is 1.98. The first-order chi connectivity index (χ1) is 7.70. The Kier molecular flexibility index (Phi) is 3.07. The van der Waals surface area contributed by atoms with Gasteiger partial charge in [0.05, 0.1) is 6.61 Å². The van der Waals surface area contributed by atoms with Crippen LogP contribution in [0.2, 0.25) is 0 Å². The van der Waals surface area contributed by atoms with E-state index in [1.807, 2.05) is 18.9 Å². The van der Waals surface area contributed by atoms with E-state index < -0.39 is 0 Å². The minimum absolute atomic E-state index is 0.208. The summed E-state index contributed by atoms with van der Waals surface area (Å²) in [4.78, 5) is 14.3. The first kappa shape index (κ1) is 10.9. The highest BCUT2D eigenvalue weighted by atomic mass is 16.5. The van der Waals surface area contributed by atoms with Gasteiger partial charge in [0.2, 0.25) is 11.9 Å². The summed E-state index contributed by atoms with van der Waals surface area (Å²) < 4.78 is 5.24. The molecule has 2 N–H and O–H groups in total. The van der Waals surface area contributed by atoms with Gasteiger partial charge in [0.1, 0.15) is 0 Å². The van der Waals surface area contributed by atoms with Crippen molar-refractivity contribution in [1.29, 1.82) is 0 Å². The molecule has 88 valence electrons. The minimum Gasteiger partial charge on any atom is -0.464 e. The van der Waals surface area contributed by atoms with Gasteiger partial charge in [0.25, 0.3) is 0 Å². The van der Waals surface area contributed by atoms with Crippen molar-refractivity contribution in [3.63, 3.8) is 0 Å². The first-order valence-electron chi connectivity index (χ1n) is 5.58. The van der Waals surface area contributed by atoms with Crippen LogP contribution in [-0.4, -0.2) is 34.6 Å². The number of hydrogen-bond acceptors (Lipinski definition) is 6. The molecule has 16 heavy (non-hydrogen) atoms. The fourth-order valence-corrected chi connectivity index (χ4v) is 1.65.